The van der Waals surface area contributed by atoms with Gasteiger partial charge in [0.05, 0.1) is 13.2 Å². The van der Waals surface area contributed by atoms with Crippen molar-refractivity contribution in [3.05, 3.63) is 17.5 Å². The zero-order valence-electron chi connectivity index (χ0n) is 13.3. The van der Waals surface area contributed by atoms with Crippen molar-refractivity contribution in [2.24, 2.45) is 7.05 Å². The van der Waals surface area contributed by atoms with Crippen LogP contribution in [0.3, 0.4) is 0 Å². The molecule has 0 aromatic carbocycles. The Morgan fingerprint density at radius 2 is 2.05 bits per heavy atom. The largest absolute Gasteiger partial charge is 0.457 e. The van der Waals surface area contributed by atoms with Gasteiger partial charge in [0.2, 0.25) is 0 Å². The first kappa shape index (κ1) is 16.0. The number of morpholine rings is 1. The Morgan fingerprint density at radius 3 is 2.62 bits per heavy atom. The fraction of sp³-hybridized carbons (Fsp3) is 0.733. The van der Waals surface area contributed by atoms with Gasteiger partial charge in [-0.1, -0.05) is 13.8 Å². The van der Waals surface area contributed by atoms with Gasteiger partial charge in [0.25, 0.3) is 0 Å². The van der Waals surface area contributed by atoms with Gasteiger partial charge >= 0.3 is 5.97 Å². The van der Waals surface area contributed by atoms with Crippen molar-refractivity contribution in [3.8, 4) is 0 Å². The van der Waals surface area contributed by atoms with Crippen molar-refractivity contribution in [1.82, 2.24) is 14.7 Å². The molecule has 0 radical (unpaired) electrons. The van der Waals surface area contributed by atoms with Crippen LogP contribution in [-0.4, -0.2) is 59.6 Å². The van der Waals surface area contributed by atoms with Gasteiger partial charge in [-0.25, -0.2) is 4.79 Å². The Morgan fingerprint density at radius 1 is 1.38 bits per heavy atom. The van der Waals surface area contributed by atoms with Crippen LogP contribution in [0, 0.1) is 0 Å². The van der Waals surface area contributed by atoms with Gasteiger partial charge in [0.15, 0.2) is 5.69 Å². The number of rotatable bonds is 5. The van der Waals surface area contributed by atoms with E-state index in [4.69, 9.17) is 9.47 Å². The summed E-state index contributed by atoms with van der Waals surface area (Å²) in [5, 5.41) is 4.24. The topological polar surface area (TPSA) is 56.6 Å². The van der Waals surface area contributed by atoms with Crippen molar-refractivity contribution < 1.29 is 14.3 Å². The van der Waals surface area contributed by atoms with Gasteiger partial charge in [0.1, 0.15) is 6.10 Å². The number of esters is 1. The number of aromatic nitrogens is 2. The molecule has 1 aliphatic rings. The van der Waals surface area contributed by atoms with Crippen LogP contribution in [0.1, 0.15) is 42.9 Å². The molecule has 6 heteroatoms. The second-order valence-corrected chi connectivity index (χ2v) is 5.86. The van der Waals surface area contributed by atoms with E-state index in [1.54, 1.807) is 4.68 Å². The van der Waals surface area contributed by atoms with Crippen molar-refractivity contribution >= 4 is 5.97 Å². The monoisotopic (exact) mass is 295 g/mol. The molecule has 1 atom stereocenters. The molecule has 2 rings (SSSR count). The lowest BCUT2D eigenvalue weighted by atomic mass is 10.1. The van der Waals surface area contributed by atoms with E-state index in [9.17, 15) is 4.79 Å². The Bertz CT molecular complexity index is 479. The molecular formula is C15H25N3O3. The van der Waals surface area contributed by atoms with Crippen molar-refractivity contribution in [3.63, 3.8) is 0 Å². The highest BCUT2D eigenvalue weighted by atomic mass is 16.5. The second-order valence-electron chi connectivity index (χ2n) is 5.86. The summed E-state index contributed by atoms with van der Waals surface area (Å²) in [5.74, 6) is -0.0203. The van der Waals surface area contributed by atoms with Crippen LogP contribution in [0.25, 0.3) is 0 Å². The van der Waals surface area contributed by atoms with E-state index in [0.717, 1.165) is 38.5 Å². The van der Waals surface area contributed by atoms with E-state index in [1.807, 2.05) is 20.0 Å². The standard InChI is InChI=1S/C15H25N3O3/c1-11(2)14-9-13(16-17(14)4)15(19)21-12(3)10-18-5-7-20-8-6-18/h9,11-12H,5-8,10H2,1-4H3/t12-/m0/s1. The zero-order chi connectivity index (χ0) is 15.4. The van der Waals surface area contributed by atoms with Crippen LogP contribution < -0.4 is 0 Å². The average Bonchev–Trinajstić information content (AvgIpc) is 2.82. The van der Waals surface area contributed by atoms with E-state index < -0.39 is 0 Å². The summed E-state index contributed by atoms with van der Waals surface area (Å²) >= 11 is 0. The molecule has 0 saturated carbocycles. The lowest BCUT2D eigenvalue weighted by Gasteiger charge is -2.28. The Labute approximate surface area is 126 Å². The maximum atomic E-state index is 12.1. The van der Waals surface area contributed by atoms with Gasteiger partial charge in [-0.15, -0.1) is 0 Å². The molecule has 1 fully saturated rings. The molecule has 0 N–H and O–H groups in total. The summed E-state index contributed by atoms with van der Waals surface area (Å²) in [4.78, 5) is 14.4. The third kappa shape index (κ3) is 4.28. The smallest absolute Gasteiger partial charge is 0.359 e. The number of carbonyl (C=O) groups is 1. The van der Waals surface area contributed by atoms with Crippen molar-refractivity contribution in [2.45, 2.75) is 32.8 Å². The third-order valence-corrected chi connectivity index (χ3v) is 3.64. The molecule has 0 bridgehead atoms. The number of hydrogen-bond acceptors (Lipinski definition) is 5. The first-order valence-electron chi connectivity index (χ1n) is 7.52. The van der Waals surface area contributed by atoms with Gasteiger partial charge in [-0.2, -0.15) is 5.10 Å². The van der Waals surface area contributed by atoms with Gasteiger partial charge in [-0.3, -0.25) is 9.58 Å². The maximum Gasteiger partial charge on any atom is 0.359 e. The summed E-state index contributed by atoms with van der Waals surface area (Å²) < 4.78 is 12.5. The number of hydrogen-bond donors (Lipinski definition) is 0. The molecule has 0 unspecified atom stereocenters. The minimum Gasteiger partial charge on any atom is -0.457 e. The van der Waals surface area contributed by atoms with E-state index in [0.29, 0.717) is 11.6 Å². The van der Waals surface area contributed by atoms with Gasteiger partial charge in [0, 0.05) is 32.4 Å². The second kappa shape index (κ2) is 7.04. The highest BCUT2D eigenvalue weighted by Gasteiger charge is 2.20. The van der Waals surface area contributed by atoms with Crippen molar-refractivity contribution in [2.75, 3.05) is 32.8 Å². The minimum absolute atomic E-state index is 0.153. The molecule has 0 amide bonds. The Kier molecular flexibility index (Phi) is 5.36. The molecular weight excluding hydrogens is 270 g/mol. The normalized spacial score (nSPS) is 18.0. The highest BCUT2D eigenvalue weighted by molar-refractivity contribution is 5.87. The summed E-state index contributed by atoms with van der Waals surface area (Å²) in [7, 11) is 1.85. The van der Waals surface area contributed by atoms with Gasteiger partial charge in [-0.05, 0) is 18.9 Å². The van der Waals surface area contributed by atoms with E-state index in [1.165, 1.54) is 0 Å². The number of nitrogens with zero attached hydrogens (tertiary/aromatic N) is 3. The fourth-order valence-electron chi connectivity index (χ4n) is 2.55. The number of carbonyl (C=O) groups excluding carboxylic acids is 1. The highest BCUT2D eigenvalue weighted by Crippen LogP contribution is 2.15. The van der Waals surface area contributed by atoms with Crippen LogP contribution in [-0.2, 0) is 16.5 Å². The van der Waals surface area contributed by atoms with Crippen LogP contribution in [0.4, 0.5) is 0 Å². The maximum absolute atomic E-state index is 12.1. The van der Waals surface area contributed by atoms with Crippen LogP contribution in [0.5, 0.6) is 0 Å². The quantitative estimate of drug-likeness (QED) is 0.769. The molecule has 1 aromatic rings. The van der Waals surface area contributed by atoms with E-state index in [2.05, 4.69) is 23.8 Å². The third-order valence-electron chi connectivity index (χ3n) is 3.64. The van der Waals surface area contributed by atoms with Crippen LogP contribution in [0.15, 0.2) is 6.07 Å². The first-order chi connectivity index (χ1) is 9.97. The first-order valence-corrected chi connectivity index (χ1v) is 7.52. The predicted molar refractivity (Wildman–Crippen MR) is 79.4 cm³/mol. The molecule has 0 aliphatic carbocycles. The molecule has 21 heavy (non-hydrogen) atoms. The fourth-order valence-corrected chi connectivity index (χ4v) is 2.55. The summed E-state index contributed by atoms with van der Waals surface area (Å²) in [6, 6.07) is 1.81. The zero-order valence-corrected chi connectivity index (χ0v) is 13.3. The average molecular weight is 295 g/mol. The number of ether oxygens (including phenoxy) is 2. The molecule has 2 heterocycles. The minimum atomic E-state index is -0.349. The van der Waals surface area contributed by atoms with Crippen LogP contribution in [0.2, 0.25) is 0 Å². The molecule has 1 saturated heterocycles. The molecule has 0 spiro atoms. The molecule has 1 aromatic heterocycles. The molecule has 118 valence electrons. The van der Waals surface area contributed by atoms with E-state index >= 15 is 0 Å². The lowest BCUT2D eigenvalue weighted by molar-refractivity contribution is 0.0000771. The SMILES string of the molecule is CC(C)c1cc(C(=O)O[C@@H](C)CN2CCOCC2)nn1C. The van der Waals surface area contributed by atoms with E-state index in [-0.39, 0.29) is 12.1 Å². The lowest BCUT2D eigenvalue weighted by Crippen LogP contribution is -2.41. The summed E-state index contributed by atoms with van der Waals surface area (Å²) in [5.41, 5.74) is 1.41. The molecule has 6 nitrogen and oxygen atoms in total. The number of aryl methyl sites for hydroxylation is 1. The van der Waals surface area contributed by atoms with Crippen molar-refractivity contribution in [1.29, 1.82) is 0 Å². The Balaban J connectivity index is 1.89. The molecule has 1 aliphatic heterocycles. The Hall–Kier alpha value is -1.40. The van der Waals surface area contributed by atoms with Gasteiger partial charge < -0.3 is 9.47 Å². The predicted octanol–water partition coefficient (Wildman–Crippen LogP) is 1.42. The summed E-state index contributed by atoms with van der Waals surface area (Å²) in [6.45, 7) is 10.1. The summed E-state index contributed by atoms with van der Waals surface area (Å²) in [6.07, 6.45) is -0.153. The van der Waals surface area contributed by atoms with Crippen LogP contribution >= 0.6 is 0 Å².